The van der Waals surface area contributed by atoms with Crippen molar-refractivity contribution in [3.8, 4) is 11.5 Å². The molecule has 3 aromatic rings. The van der Waals surface area contributed by atoms with Crippen LogP contribution in [0.15, 0.2) is 42.6 Å². The summed E-state index contributed by atoms with van der Waals surface area (Å²) in [7, 11) is 3.08. The largest absolute Gasteiger partial charge is 0.496 e. The van der Waals surface area contributed by atoms with Crippen LogP contribution in [0.5, 0.6) is 11.5 Å². The fourth-order valence-corrected chi connectivity index (χ4v) is 3.15. The molecule has 0 aliphatic rings. The normalized spacial score (nSPS) is 12.0. The van der Waals surface area contributed by atoms with E-state index >= 15 is 0 Å². The first kappa shape index (κ1) is 17.7. The van der Waals surface area contributed by atoms with Crippen molar-refractivity contribution in [2.75, 3.05) is 26.6 Å². The number of hydrogen-bond acceptors (Lipinski definition) is 5. The van der Waals surface area contributed by atoms with E-state index in [1.54, 1.807) is 26.2 Å². The Morgan fingerprint density at radius 1 is 1.12 bits per heavy atom. The predicted octanol–water partition coefficient (Wildman–Crippen LogP) is 3.46. The third-order valence-corrected chi connectivity index (χ3v) is 4.35. The number of aromatic amines is 1. The number of methoxy groups -OCH3 is 2. The number of nitrogen functional groups attached to an aromatic ring is 1. The van der Waals surface area contributed by atoms with Crippen LogP contribution in [0.1, 0.15) is 24.0 Å². The summed E-state index contributed by atoms with van der Waals surface area (Å²) in [4.78, 5) is 16.1. The monoisotopic (exact) mass is 354 g/mol. The van der Waals surface area contributed by atoms with E-state index < -0.39 is 5.92 Å². The highest BCUT2D eigenvalue weighted by molar-refractivity contribution is 5.93. The molecule has 3 rings (SSSR count). The van der Waals surface area contributed by atoms with Crippen LogP contribution in [0.3, 0.4) is 0 Å². The van der Waals surface area contributed by atoms with Crippen molar-refractivity contribution in [3.63, 3.8) is 0 Å². The third kappa shape index (κ3) is 3.06. The summed E-state index contributed by atoms with van der Waals surface area (Å²) < 4.78 is 16.1. The minimum absolute atomic E-state index is 0.283. The summed E-state index contributed by atoms with van der Waals surface area (Å²) in [6.07, 6.45) is 1.83. The molecule has 1 heterocycles. The van der Waals surface area contributed by atoms with Gasteiger partial charge in [-0.2, -0.15) is 0 Å². The van der Waals surface area contributed by atoms with Crippen molar-refractivity contribution >= 4 is 22.6 Å². The lowest BCUT2D eigenvalue weighted by atomic mass is 9.89. The number of carbonyl (C=O) groups excluding carboxylic acids is 1. The summed E-state index contributed by atoms with van der Waals surface area (Å²) in [5.74, 6) is -0.0269. The van der Waals surface area contributed by atoms with Crippen molar-refractivity contribution in [2.45, 2.75) is 12.8 Å². The minimum Gasteiger partial charge on any atom is -0.496 e. The van der Waals surface area contributed by atoms with E-state index in [0.717, 1.165) is 16.5 Å². The zero-order valence-electron chi connectivity index (χ0n) is 15.0. The molecular weight excluding hydrogens is 332 g/mol. The number of para-hydroxylation sites is 1. The van der Waals surface area contributed by atoms with Crippen LogP contribution in [0, 0.1) is 0 Å². The molecule has 6 nitrogen and oxygen atoms in total. The molecule has 0 radical (unpaired) electrons. The number of benzene rings is 2. The molecule has 1 aromatic heterocycles. The fourth-order valence-electron chi connectivity index (χ4n) is 3.15. The molecule has 2 aromatic carbocycles. The number of H-pyrrole nitrogens is 1. The molecular formula is C20H22N2O4. The molecule has 0 saturated heterocycles. The van der Waals surface area contributed by atoms with Crippen LogP contribution >= 0.6 is 0 Å². The van der Waals surface area contributed by atoms with Crippen LogP contribution in [0.4, 0.5) is 5.69 Å². The van der Waals surface area contributed by atoms with Gasteiger partial charge in [0.15, 0.2) is 0 Å². The highest BCUT2D eigenvalue weighted by Crippen LogP contribution is 2.40. The van der Waals surface area contributed by atoms with Gasteiger partial charge in [0.2, 0.25) is 0 Å². The van der Waals surface area contributed by atoms with E-state index in [1.807, 2.05) is 30.5 Å². The number of anilines is 1. The molecule has 3 N–H and O–H groups in total. The van der Waals surface area contributed by atoms with Crippen LogP contribution in [0.2, 0.25) is 0 Å². The SMILES string of the molecule is CCOC(=O)C(c1cc(N)c(OC)cc1OC)c1c[nH]c2ccccc12. The molecule has 0 spiro atoms. The molecule has 0 bridgehead atoms. The highest BCUT2D eigenvalue weighted by atomic mass is 16.5. The number of rotatable bonds is 6. The molecule has 1 atom stereocenters. The van der Waals surface area contributed by atoms with Gasteiger partial charge in [-0.25, -0.2) is 0 Å². The van der Waals surface area contributed by atoms with Gasteiger partial charge >= 0.3 is 5.97 Å². The van der Waals surface area contributed by atoms with Gasteiger partial charge in [0.1, 0.15) is 17.4 Å². The highest BCUT2D eigenvalue weighted by Gasteiger charge is 2.30. The summed E-state index contributed by atoms with van der Waals surface area (Å²) >= 11 is 0. The second-order valence-corrected chi connectivity index (χ2v) is 5.81. The first-order chi connectivity index (χ1) is 12.6. The lowest BCUT2D eigenvalue weighted by Crippen LogP contribution is -2.18. The summed E-state index contributed by atoms with van der Waals surface area (Å²) in [5, 5.41) is 0.946. The van der Waals surface area contributed by atoms with E-state index in [2.05, 4.69) is 4.98 Å². The van der Waals surface area contributed by atoms with Gasteiger partial charge in [0, 0.05) is 28.7 Å². The van der Waals surface area contributed by atoms with E-state index in [-0.39, 0.29) is 12.6 Å². The van der Waals surface area contributed by atoms with Gasteiger partial charge in [-0.3, -0.25) is 4.79 Å². The van der Waals surface area contributed by atoms with E-state index in [9.17, 15) is 4.79 Å². The van der Waals surface area contributed by atoms with Gasteiger partial charge < -0.3 is 24.9 Å². The quantitative estimate of drug-likeness (QED) is 0.523. The maximum absolute atomic E-state index is 12.9. The topological polar surface area (TPSA) is 86.6 Å². The minimum atomic E-state index is -0.672. The number of aromatic nitrogens is 1. The van der Waals surface area contributed by atoms with Gasteiger partial charge in [0.05, 0.1) is 26.5 Å². The summed E-state index contributed by atoms with van der Waals surface area (Å²) in [6.45, 7) is 2.06. The molecule has 0 aliphatic carbocycles. The van der Waals surface area contributed by atoms with Crippen molar-refractivity contribution < 1.29 is 19.0 Å². The van der Waals surface area contributed by atoms with E-state index in [1.165, 1.54) is 7.11 Å². The lowest BCUT2D eigenvalue weighted by molar-refractivity contribution is -0.143. The molecule has 0 aliphatic heterocycles. The number of nitrogens with two attached hydrogens (primary N) is 1. The van der Waals surface area contributed by atoms with Crippen molar-refractivity contribution in [3.05, 3.63) is 53.7 Å². The Kier molecular flexibility index (Phi) is 5.02. The molecule has 136 valence electrons. The van der Waals surface area contributed by atoms with E-state index in [0.29, 0.717) is 22.7 Å². The second kappa shape index (κ2) is 7.39. The standard InChI is InChI=1S/C20H22N2O4/c1-4-26-20(23)19(14-11-22-16-8-6-5-7-12(14)16)13-9-15(21)18(25-3)10-17(13)24-2/h5-11,19,22H,4,21H2,1-3H3. The van der Waals surface area contributed by atoms with Gasteiger partial charge in [-0.1, -0.05) is 18.2 Å². The zero-order chi connectivity index (χ0) is 18.7. The van der Waals surface area contributed by atoms with Gasteiger partial charge in [-0.05, 0) is 24.6 Å². The number of fused-ring (bicyclic) bond motifs is 1. The Hall–Kier alpha value is -3.15. The molecule has 0 fully saturated rings. The average Bonchev–Trinajstić information content (AvgIpc) is 3.06. The lowest BCUT2D eigenvalue weighted by Gasteiger charge is -2.20. The Labute approximate surface area is 151 Å². The molecule has 6 heteroatoms. The molecule has 0 saturated carbocycles. The number of nitrogens with one attached hydrogen (secondary N) is 1. The Balaban J connectivity index is 2.23. The van der Waals surface area contributed by atoms with Gasteiger partial charge in [0.25, 0.3) is 0 Å². The molecule has 1 unspecified atom stereocenters. The third-order valence-electron chi connectivity index (χ3n) is 4.35. The molecule has 0 amide bonds. The van der Waals surface area contributed by atoms with Gasteiger partial charge in [-0.15, -0.1) is 0 Å². The Morgan fingerprint density at radius 3 is 2.54 bits per heavy atom. The first-order valence-electron chi connectivity index (χ1n) is 8.34. The number of ether oxygens (including phenoxy) is 3. The van der Waals surface area contributed by atoms with Crippen LogP contribution < -0.4 is 15.2 Å². The average molecular weight is 354 g/mol. The number of esters is 1. The maximum Gasteiger partial charge on any atom is 0.318 e. The Bertz CT molecular complexity index is 933. The number of carbonyl (C=O) groups is 1. The summed E-state index contributed by atoms with van der Waals surface area (Å²) in [6, 6.07) is 11.2. The van der Waals surface area contributed by atoms with Crippen LogP contribution in [-0.4, -0.2) is 31.8 Å². The summed E-state index contributed by atoms with van der Waals surface area (Å²) in [5.41, 5.74) is 8.90. The van der Waals surface area contributed by atoms with E-state index in [4.69, 9.17) is 19.9 Å². The fraction of sp³-hybridized carbons (Fsp3) is 0.250. The smallest absolute Gasteiger partial charge is 0.318 e. The Morgan fingerprint density at radius 2 is 1.85 bits per heavy atom. The predicted molar refractivity (Wildman–Crippen MR) is 101 cm³/mol. The molecule has 26 heavy (non-hydrogen) atoms. The second-order valence-electron chi connectivity index (χ2n) is 5.81. The van der Waals surface area contributed by atoms with Crippen LogP contribution in [0.25, 0.3) is 10.9 Å². The van der Waals surface area contributed by atoms with Crippen molar-refractivity contribution in [1.29, 1.82) is 0 Å². The first-order valence-corrected chi connectivity index (χ1v) is 8.34. The van der Waals surface area contributed by atoms with Crippen molar-refractivity contribution in [2.24, 2.45) is 0 Å². The van der Waals surface area contributed by atoms with Crippen molar-refractivity contribution in [1.82, 2.24) is 4.98 Å². The maximum atomic E-state index is 12.9. The van der Waals surface area contributed by atoms with Crippen LogP contribution in [-0.2, 0) is 9.53 Å². The number of hydrogen-bond donors (Lipinski definition) is 2. The zero-order valence-corrected chi connectivity index (χ0v) is 15.0.